The van der Waals surface area contributed by atoms with Crippen molar-refractivity contribution in [3.05, 3.63) is 0 Å². The molecule has 1 rings (SSSR count). The zero-order valence-electron chi connectivity index (χ0n) is 9.51. The Morgan fingerprint density at radius 1 is 1.31 bits per heavy atom. The second-order valence-electron chi connectivity index (χ2n) is 5.03. The first-order valence-electron chi connectivity index (χ1n) is 5.48. The molecule has 1 aliphatic rings. The summed E-state index contributed by atoms with van der Waals surface area (Å²) in [5.41, 5.74) is 0. The Bertz CT molecular complexity index is 124. The Balaban J connectivity index is 2.23. The molecule has 0 aromatic carbocycles. The van der Waals surface area contributed by atoms with E-state index >= 15 is 0 Å². The highest BCUT2D eigenvalue weighted by Gasteiger charge is 2.24. The number of likely N-dealkylation sites (N-methyl/N-ethyl adjacent to an activating group) is 1. The Hall–Kier alpha value is -0.0800. The van der Waals surface area contributed by atoms with Crippen LogP contribution in [0.2, 0.25) is 0 Å². The lowest BCUT2D eigenvalue weighted by Gasteiger charge is -2.23. The van der Waals surface area contributed by atoms with Gasteiger partial charge in [0.25, 0.3) is 0 Å². The predicted molar refractivity (Wildman–Crippen MR) is 58.0 cm³/mol. The molecule has 0 radical (unpaired) electrons. The maximum absolute atomic E-state index is 3.71. The van der Waals surface area contributed by atoms with E-state index in [9.17, 15) is 0 Å². The molecule has 13 heavy (non-hydrogen) atoms. The minimum absolute atomic E-state index is 0.697. The van der Waals surface area contributed by atoms with Gasteiger partial charge in [-0.25, -0.2) is 0 Å². The normalized spacial score (nSPS) is 19.8. The van der Waals surface area contributed by atoms with Gasteiger partial charge in [-0.1, -0.05) is 13.8 Å². The minimum atomic E-state index is 0.697. The van der Waals surface area contributed by atoms with E-state index in [0.29, 0.717) is 6.04 Å². The summed E-state index contributed by atoms with van der Waals surface area (Å²) in [7, 11) is 4.31. The van der Waals surface area contributed by atoms with Gasteiger partial charge in [-0.3, -0.25) is 0 Å². The largest absolute Gasteiger partial charge is 0.310 e. The van der Waals surface area contributed by atoms with Gasteiger partial charge in [-0.15, -0.1) is 0 Å². The van der Waals surface area contributed by atoms with Crippen molar-refractivity contribution >= 4 is 0 Å². The highest BCUT2D eigenvalue weighted by Crippen LogP contribution is 2.21. The minimum Gasteiger partial charge on any atom is -0.310 e. The Kier molecular flexibility index (Phi) is 4.20. The van der Waals surface area contributed by atoms with Crippen LogP contribution in [0.15, 0.2) is 0 Å². The average Bonchev–Trinajstić information content (AvgIpc) is 2.67. The number of hydrogen-bond donors (Lipinski definition) is 1. The van der Waals surface area contributed by atoms with Gasteiger partial charge in [0.2, 0.25) is 0 Å². The zero-order valence-corrected chi connectivity index (χ0v) is 9.51. The fraction of sp³-hybridized carbons (Fsp3) is 1.00. The molecule has 0 aromatic rings. The molecule has 0 amide bonds. The maximum Gasteiger partial charge on any atom is 0.0199 e. The molecule has 1 saturated carbocycles. The van der Waals surface area contributed by atoms with E-state index in [1.165, 1.54) is 25.8 Å². The Labute approximate surface area is 82.7 Å². The van der Waals surface area contributed by atoms with Crippen molar-refractivity contribution in [2.75, 3.05) is 20.6 Å². The SMILES string of the molecule is CC(C)CC(CN(C)C)NC1CC1. The standard InChI is InChI=1S/C11H24N2/c1-9(2)7-11(8-13(3)4)12-10-5-6-10/h9-12H,5-8H2,1-4H3. The van der Waals surface area contributed by atoms with E-state index in [1.807, 2.05) is 0 Å². The van der Waals surface area contributed by atoms with Crippen molar-refractivity contribution in [2.45, 2.75) is 45.2 Å². The van der Waals surface area contributed by atoms with Crippen LogP contribution in [0.25, 0.3) is 0 Å². The molecule has 1 fully saturated rings. The lowest BCUT2D eigenvalue weighted by molar-refractivity contribution is 0.304. The molecule has 0 bridgehead atoms. The van der Waals surface area contributed by atoms with E-state index < -0.39 is 0 Å². The summed E-state index contributed by atoms with van der Waals surface area (Å²) in [5.74, 6) is 0.802. The maximum atomic E-state index is 3.71. The van der Waals surface area contributed by atoms with Crippen molar-refractivity contribution in [3.8, 4) is 0 Å². The highest BCUT2D eigenvalue weighted by atomic mass is 15.1. The number of nitrogens with one attached hydrogen (secondary N) is 1. The summed E-state index contributed by atoms with van der Waals surface area (Å²) in [6, 6.07) is 1.53. The van der Waals surface area contributed by atoms with Crippen molar-refractivity contribution < 1.29 is 0 Å². The molecule has 0 aromatic heterocycles. The van der Waals surface area contributed by atoms with Crippen LogP contribution in [0.3, 0.4) is 0 Å². The Morgan fingerprint density at radius 2 is 1.92 bits per heavy atom. The fourth-order valence-electron chi connectivity index (χ4n) is 1.79. The third-order valence-electron chi connectivity index (χ3n) is 2.39. The molecule has 0 aliphatic heterocycles. The summed E-state index contributed by atoms with van der Waals surface area (Å²) >= 11 is 0. The number of rotatable bonds is 6. The first-order valence-corrected chi connectivity index (χ1v) is 5.48. The van der Waals surface area contributed by atoms with E-state index in [1.54, 1.807) is 0 Å². The predicted octanol–water partition coefficient (Wildman–Crippen LogP) is 1.71. The molecular formula is C11H24N2. The zero-order chi connectivity index (χ0) is 9.84. The summed E-state index contributed by atoms with van der Waals surface area (Å²) in [4.78, 5) is 2.28. The summed E-state index contributed by atoms with van der Waals surface area (Å²) in [5, 5.41) is 3.71. The quantitative estimate of drug-likeness (QED) is 0.676. The molecule has 1 aliphatic carbocycles. The third-order valence-corrected chi connectivity index (χ3v) is 2.39. The first-order chi connectivity index (χ1) is 6.08. The van der Waals surface area contributed by atoms with E-state index in [2.05, 4.69) is 38.2 Å². The van der Waals surface area contributed by atoms with Crippen LogP contribution in [0.4, 0.5) is 0 Å². The van der Waals surface area contributed by atoms with Gasteiger partial charge in [0.1, 0.15) is 0 Å². The van der Waals surface area contributed by atoms with E-state index in [4.69, 9.17) is 0 Å². The monoisotopic (exact) mass is 184 g/mol. The van der Waals surface area contributed by atoms with Gasteiger partial charge in [0.15, 0.2) is 0 Å². The highest BCUT2D eigenvalue weighted by molar-refractivity contribution is 4.86. The average molecular weight is 184 g/mol. The molecule has 0 saturated heterocycles. The fourth-order valence-corrected chi connectivity index (χ4v) is 1.79. The summed E-state index contributed by atoms with van der Waals surface area (Å²) in [6.45, 7) is 5.78. The first kappa shape index (κ1) is 11.0. The molecule has 2 nitrogen and oxygen atoms in total. The molecule has 1 N–H and O–H groups in total. The van der Waals surface area contributed by atoms with Crippen LogP contribution >= 0.6 is 0 Å². The molecule has 78 valence electrons. The van der Waals surface area contributed by atoms with Crippen molar-refractivity contribution in [2.24, 2.45) is 5.92 Å². The number of nitrogens with zero attached hydrogens (tertiary/aromatic N) is 1. The van der Waals surface area contributed by atoms with Crippen LogP contribution in [0, 0.1) is 5.92 Å². The van der Waals surface area contributed by atoms with Crippen LogP contribution in [-0.2, 0) is 0 Å². The summed E-state index contributed by atoms with van der Waals surface area (Å²) < 4.78 is 0. The van der Waals surface area contributed by atoms with Crippen LogP contribution < -0.4 is 5.32 Å². The van der Waals surface area contributed by atoms with Gasteiger partial charge >= 0.3 is 0 Å². The molecule has 0 heterocycles. The van der Waals surface area contributed by atoms with Gasteiger partial charge < -0.3 is 10.2 Å². The molecule has 2 heteroatoms. The van der Waals surface area contributed by atoms with Gasteiger partial charge in [0.05, 0.1) is 0 Å². The molecule has 1 unspecified atom stereocenters. The molecular weight excluding hydrogens is 160 g/mol. The Morgan fingerprint density at radius 3 is 2.31 bits per heavy atom. The summed E-state index contributed by atoms with van der Waals surface area (Å²) in [6.07, 6.45) is 4.08. The van der Waals surface area contributed by atoms with Crippen molar-refractivity contribution in [1.82, 2.24) is 10.2 Å². The van der Waals surface area contributed by atoms with Gasteiger partial charge in [0, 0.05) is 18.6 Å². The topological polar surface area (TPSA) is 15.3 Å². The third kappa shape index (κ3) is 5.27. The van der Waals surface area contributed by atoms with Crippen molar-refractivity contribution in [3.63, 3.8) is 0 Å². The second-order valence-corrected chi connectivity index (χ2v) is 5.03. The lowest BCUT2D eigenvalue weighted by atomic mass is 10.0. The number of hydrogen-bond acceptors (Lipinski definition) is 2. The van der Waals surface area contributed by atoms with Crippen LogP contribution in [-0.4, -0.2) is 37.6 Å². The smallest absolute Gasteiger partial charge is 0.0199 e. The van der Waals surface area contributed by atoms with Crippen LogP contribution in [0.1, 0.15) is 33.1 Å². The second kappa shape index (κ2) is 4.97. The van der Waals surface area contributed by atoms with E-state index in [-0.39, 0.29) is 0 Å². The van der Waals surface area contributed by atoms with Gasteiger partial charge in [-0.05, 0) is 39.3 Å². The molecule has 1 atom stereocenters. The molecule has 0 spiro atoms. The van der Waals surface area contributed by atoms with Crippen molar-refractivity contribution in [1.29, 1.82) is 0 Å². The lowest BCUT2D eigenvalue weighted by Crippen LogP contribution is -2.40. The van der Waals surface area contributed by atoms with Crippen LogP contribution in [0.5, 0.6) is 0 Å². The van der Waals surface area contributed by atoms with E-state index in [0.717, 1.165) is 12.0 Å². The van der Waals surface area contributed by atoms with Gasteiger partial charge in [-0.2, -0.15) is 0 Å².